The largest absolute Gasteiger partial charge is 0.357 e. The zero-order valence-electron chi connectivity index (χ0n) is 14.6. The van der Waals surface area contributed by atoms with E-state index in [-0.39, 0.29) is 24.0 Å². The van der Waals surface area contributed by atoms with Crippen LogP contribution in [0.2, 0.25) is 0 Å². The van der Waals surface area contributed by atoms with Crippen molar-refractivity contribution in [1.82, 2.24) is 25.4 Å². The van der Waals surface area contributed by atoms with Gasteiger partial charge in [-0.1, -0.05) is 13.8 Å². The lowest BCUT2D eigenvalue weighted by Crippen LogP contribution is -2.38. The summed E-state index contributed by atoms with van der Waals surface area (Å²) in [5, 5.41) is 14.7. The molecule has 0 aliphatic heterocycles. The van der Waals surface area contributed by atoms with Gasteiger partial charge in [-0.15, -0.1) is 45.5 Å². The Kier molecular flexibility index (Phi) is 9.92. The van der Waals surface area contributed by atoms with Gasteiger partial charge in [0.05, 0.1) is 6.54 Å². The molecule has 2 aromatic heterocycles. The fourth-order valence-corrected chi connectivity index (χ4v) is 3.11. The Balaban J connectivity index is 0.00000288. The molecule has 0 saturated carbocycles. The lowest BCUT2D eigenvalue weighted by Gasteiger charge is -2.12. The average Bonchev–Trinajstić information content (AvgIpc) is 3.21. The summed E-state index contributed by atoms with van der Waals surface area (Å²) in [5.41, 5.74) is 0. The van der Waals surface area contributed by atoms with Crippen LogP contribution in [-0.2, 0) is 25.9 Å². The molecule has 2 aromatic rings. The molecular weight excluding hydrogens is 435 g/mol. The van der Waals surface area contributed by atoms with Crippen LogP contribution in [0, 0.1) is 0 Å². The van der Waals surface area contributed by atoms with Gasteiger partial charge in [0, 0.05) is 35.8 Å². The Bertz CT molecular complexity index is 622. The summed E-state index contributed by atoms with van der Waals surface area (Å²) in [6.45, 7) is 9.54. The molecule has 0 aromatic carbocycles. The monoisotopic (exact) mass is 462 g/mol. The van der Waals surface area contributed by atoms with E-state index >= 15 is 0 Å². The number of aryl methyl sites for hydroxylation is 2. The molecule has 8 heteroatoms. The number of halogens is 1. The summed E-state index contributed by atoms with van der Waals surface area (Å²) in [5.74, 6) is 1.87. The van der Waals surface area contributed by atoms with Gasteiger partial charge in [-0.05, 0) is 25.5 Å². The Morgan fingerprint density at radius 3 is 2.62 bits per heavy atom. The van der Waals surface area contributed by atoms with Gasteiger partial charge in [0.15, 0.2) is 5.96 Å². The van der Waals surface area contributed by atoms with E-state index in [1.165, 1.54) is 9.75 Å². The highest BCUT2D eigenvalue weighted by atomic mass is 127. The number of nitrogens with one attached hydrogen (secondary N) is 2. The molecule has 0 radical (unpaired) electrons. The molecule has 2 heterocycles. The first-order valence-electron chi connectivity index (χ1n) is 8.23. The number of hydrogen-bond donors (Lipinski definition) is 2. The quantitative estimate of drug-likeness (QED) is 0.360. The van der Waals surface area contributed by atoms with Crippen molar-refractivity contribution >= 4 is 41.3 Å². The molecule has 0 spiro atoms. The fourth-order valence-electron chi connectivity index (χ4n) is 2.23. The predicted molar refractivity (Wildman–Crippen MR) is 111 cm³/mol. The minimum atomic E-state index is 0. The molecule has 0 aliphatic carbocycles. The van der Waals surface area contributed by atoms with Gasteiger partial charge in [-0.3, -0.25) is 0 Å². The summed E-state index contributed by atoms with van der Waals surface area (Å²) < 4.78 is 2.07. The number of rotatable bonds is 8. The summed E-state index contributed by atoms with van der Waals surface area (Å²) in [6.07, 6.45) is 3.76. The highest BCUT2D eigenvalue weighted by Gasteiger charge is 2.03. The molecule has 0 unspecified atom stereocenters. The standard InChI is InChI=1S/C16H26N6S.HI/c1-4-13-7-8-14(23-13)11-19-16(17-6-3)18-9-10-22-12-20-21-15(22)5-2;/h7-8,12H,4-6,9-11H2,1-3H3,(H2,17,18,19);1H. The summed E-state index contributed by atoms with van der Waals surface area (Å²) in [4.78, 5) is 7.36. The topological polar surface area (TPSA) is 67.1 Å². The van der Waals surface area contributed by atoms with Crippen molar-refractivity contribution in [3.63, 3.8) is 0 Å². The van der Waals surface area contributed by atoms with Crippen LogP contribution in [0.5, 0.6) is 0 Å². The maximum absolute atomic E-state index is 4.66. The third-order valence-electron chi connectivity index (χ3n) is 3.46. The van der Waals surface area contributed by atoms with E-state index in [4.69, 9.17) is 0 Å². The van der Waals surface area contributed by atoms with E-state index in [2.05, 4.69) is 63.3 Å². The second kappa shape index (κ2) is 11.4. The van der Waals surface area contributed by atoms with E-state index in [1.807, 2.05) is 11.3 Å². The number of aromatic nitrogens is 3. The number of hydrogen-bond acceptors (Lipinski definition) is 4. The second-order valence-electron chi connectivity index (χ2n) is 5.14. The van der Waals surface area contributed by atoms with Gasteiger partial charge in [-0.2, -0.15) is 0 Å². The molecule has 2 N–H and O–H groups in total. The molecule has 134 valence electrons. The molecule has 0 amide bonds. The van der Waals surface area contributed by atoms with Crippen LogP contribution in [0.1, 0.15) is 36.3 Å². The maximum atomic E-state index is 4.66. The van der Waals surface area contributed by atoms with Gasteiger partial charge < -0.3 is 15.2 Å². The van der Waals surface area contributed by atoms with Gasteiger partial charge >= 0.3 is 0 Å². The van der Waals surface area contributed by atoms with Crippen LogP contribution in [0.25, 0.3) is 0 Å². The molecule has 6 nitrogen and oxygen atoms in total. The van der Waals surface area contributed by atoms with E-state index in [0.717, 1.165) is 44.3 Å². The number of guanidine groups is 1. The van der Waals surface area contributed by atoms with Crippen molar-refractivity contribution in [1.29, 1.82) is 0 Å². The number of nitrogens with zero attached hydrogens (tertiary/aromatic N) is 4. The smallest absolute Gasteiger partial charge is 0.191 e. The summed E-state index contributed by atoms with van der Waals surface area (Å²) in [7, 11) is 0. The highest BCUT2D eigenvalue weighted by Crippen LogP contribution is 2.17. The van der Waals surface area contributed by atoms with Gasteiger partial charge in [-0.25, -0.2) is 4.99 Å². The minimum absolute atomic E-state index is 0. The van der Waals surface area contributed by atoms with Crippen molar-refractivity contribution in [3.05, 3.63) is 34.0 Å². The van der Waals surface area contributed by atoms with Gasteiger partial charge in [0.25, 0.3) is 0 Å². The average molecular weight is 462 g/mol. The molecular formula is C16H27IN6S. The Morgan fingerprint density at radius 2 is 1.96 bits per heavy atom. The lowest BCUT2D eigenvalue weighted by molar-refractivity contribution is 0.633. The van der Waals surface area contributed by atoms with Crippen molar-refractivity contribution in [2.24, 2.45) is 4.99 Å². The zero-order chi connectivity index (χ0) is 16.5. The molecule has 0 aliphatic rings. The predicted octanol–water partition coefficient (Wildman–Crippen LogP) is 2.84. The first-order valence-corrected chi connectivity index (χ1v) is 9.04. The van der Waals surface area contributed by atoms with Crippen LogP contribution >= 0.6 is 35.3 Å². The number of aliphatic imine (C=N–C) groups is 1. The summed E-state index contributed by atoms with van der Waals surface area (Å²) >= 11 is 1.84. The molecule has 2 rings (SSSR count). The normalized spacial score (nSPS) is 11.2. The van der Waals surface area contributed by atoms with E-state index in [0.29, 0.717) is 6.54 Å². The van der Waals surface area contributed by atoms with E-state index < -0.39 is 0 Å². The van der Waals surface area contributed by atoms with Crippen LogP contribution in [0.4, 0.5) is 0 Å². The zero-order valence-corrected chi connectivity index (χ0v) is 17.7. The molecule has 24 heavy (non-hydrogen) atoms. The van der Waals surface area contributed by atoms with Crippen molar-refractivity contribution < 1.29 is 0 Å². The Hall–Kier alpha value is -1.16. The van der Waals surface area contributed by atoms with Crippen LogP contribution in [-0.4, -0.2) is 33.8 Å². The first kappa shape index (κ1) is 20.9. The SMILES string of the molecule is CCNC(=NCc1ccc(CC)s1)NCCn1cnnc1CC.I. The molecule has 0 atom stereocenters. The van der Waals surface area contributed by atoms with Gasteiger partial charge in [0.1, 0.15) is 12.2 Å². The maximum Gasteiger partial charge on any atom is 0.191 e. The van der Waals surface area contributed by atoms with Gasteiger partial charge in [0.2, 0.25) is 0 Å². The van der Waals surface area contributed by atoms with E-state index in [9.17, 15) is 0 Å². The van der Waals surface area contributed by atoms with Crippen molar-refractivity contribution in [2.45, 2.75) is 46.7 Å². The number of thiophene rings is 1. The van der Waals surface area contributed by atoms with Crippen molar-refractivity contribution in [3.8, 4) is 0 Å². The lowest BCUT2D eigenvalue weighted by atomic mass is 10.4. The first-order chi connectivity index (χ1) is 11.3. The van der Waals surface area contributed by atoms with E-state index in [1.54, 1.807) is 6.33 Å². The Labute approximate surface area is 165 Å². The van der Waals surface area contributed by atoms with Crippen LogP contribution in [0.15, 0.2) is 23.5 Å². The fraction of sp³-hybridized carbons (Fsp3) is 0.562. The Morgan fingerprint density at radius 1 is 1.17 bits per heavy atom. The molecule has 0 fully saturated rings. The van der Waals surface area contributed by atoms with Crippen molar-refractivity contribution in [2.75, 3.05) is 13.1 Å². The third-order valence-corrected chi connectivity index (χ3v) is 4.67. The second-order valence-corrected chi connectivity index (χ2v) is 6.39. The minimum Gasteiger partial charge on any atom is -0.357 e. The van der Waals surface area contributed by atoms with Crippen LogP contribution < -0.4 is 10.6 Å². The summed E-state index contributed by atoms with van der Waals surface area (Å²) in [6, 6.07) is 4.36. The molecule has 0 saturated heterocycles. The molecule has 0 bridgehead atoms. The van der Waals surface area contributed by atoms with Crippen LogP contribution in [0.3, 0.4) is 0 Å². The third kappa shape index (κ3) is 6.39. The highest BCUT2D eigenvalue weighted by molar-refractivity contribution is 14.0.